The van der Waals surface area contributed by atoms with E-state index in [4.69, 9.17) is 18.9 Å². The van der Waals surface area contributed by atoms with Crippen LogP contribution in [0, 0.1) is 5.92 Å². The van der Waals surface area contributed by atoms with Crippen molar-refractivity contribution in [2.24, 2.45) is 5.92 Å². The number of rotatable bonds is 4. The molecule has 5 aliphatic rings. The first-order chi connectivity index (χ1) is 13.2. The minimum Gasteiger partial charge on any atom is -0.454 e. The first-order valence-corrected chi connectivity index (χ1v) is 9.14. The molecule has 0 aromatic carbocycles. The highest BCUT2D eigenvalue weighted by Crippen LogP contribution is 2.58. The largest absolute Gasteiger partial charge is 0.454 e. The molecule has 154 valence electrons. The number of epoxide rings is 1. The zero-order valence-electron chi connectivity index (χ0n) is 15.2. The molecule has 5 rings (SSSR count). The van der Waals surface area contributed by atoms with Gasteiger partial charge in [-0.3, -0.25) is 0 Å². The molecule has 0 saturated carbocycles. The number of ether oxygens (including phenoxy) is 4. The van der Waals surface area contributed by atoms with E-state index in [1.165, 1.54) is 0 Å². The van der Waals surface area contributed by atoms with Gasteiger partial charge in [0.1, 0.15) is 6.10 Å². The number of aliphatic hydroxyl groups excluding tert-OH is 3. The maximum Gasteiger partial charge on any atom is 0.334 e. The third kappa shape index (κ3) is 2.94. The van der Waals surface area contributed by atoms with Crippen molar-refractivity contribution < 1.29 is 44.2 Å². The molecule has 1 aliphatic carbocycles. The second kappa shape index (κ2) is 6.74. The van der Waals surface area contributed by atoms with Crippen LogP contribution in [0.4, 0.5) is 0 Å². The van der Waals surface area contributed by atoms with Crippen LogP contribution in [0.15, 0.2) is 36.0 Å². The Morgan fingerprint density at radius 1 is 1.46 bits per heavy atom. The summed E-state index contributed by atoms with van der Waals surface area (Å²) >= 11 is 0. The minimum atomic E-state index is -1.62. The summed E-state index contributed by atoms with van der Waals surface area (Å²) in [5.74, 6) is -2.89. The van der Waals surface area contributed by atoms with Gasteiger partial charge in [0.05, 0.1) is 25.2 Å². The van der Waals surface area contributed by atoms with Crippen molar-refractivity contribution in [2.75, 3.05) is 13.2 Å². The summed E-state index contributed by atoms with van der Waals surface area (Å²) in [5.41, 5.74) is -0.568. The molecule has 1 spiro atoms. The van der Waals surface area contributed by atoms with Crippen LogP contribution in [0.3, 0.4) is 0 Å². The van der Waals surface area contributed by atoms with Crippen LogP contribution in [0.2, 0.25) is 0 Å². The van der Waals surface area contributed by atoms with Gasteiger partial charge in [-0.1, -0.05) is 13.2 Å². The van der Waals surface area contributed by atoms with Crippen LogP contribution >= 0.6 is 0 Å². The number of aliphatic hydroxyl groups is 4. The molecule has 2 bridgehead atoms. The molecule has 0 aromatic heterocycles. The molecular formula is C19H24O9. The fourth-order valence-electron chi connectivity index (χ4n) is 4.25. The Morgan fingerprint density at radius 2 is 2.21 bits per heavy atom. The maximum absolute atomic E-state index is 12.2. The fraction of sp³-hybridized carbons (Fsp3) is 0.632. The Labute approximate surface area is 161 Å². The van der Waals surface area contributed by atoms with Gasteiger partial charge in [-0.2, -0.15) is 0 Å². The Kier molecular flexibility index (Phi) is 4.74. The fourth-order valence-corrected chi connectivity index (χ4v) is 4.25. The average molecular weight is 396 g/mol. The van der Waals surface area contributed by atoms with Gasteiger partial charge in [0.2, 0.25) is 5.79 Å². The molecule has 0 unspecified atom stereocenters. The highest BCUT2D eigenvalue weighted by atomic mass is 16.8. The van der Waals surface area contributed by atoms with E-state index in [0.29, 0.717) is 6.42 Å². The lowest BCUT2D eigenvalue weighted by molar-refractivity contribution is -0.179. The van der Waals surface area contributed by atoms with E-state index in [1.54, 1.807) is 6.08 Å². The summed E-state index contributed by atoms with van der Waals surface area (Å²) < 4.78 is 22.2. The predicted molar refractivity (Wildman–Crippen MR) is 92.3 cm³/mol. The molecule has 3 saturated heterocycles. The smallest absolute Gasteiger partial charge is 0.334 e. The lowest BCUT2D eigenvalue weighted by Crippen LogP contribution is -2.48. The predicted octanol–water partition coefficient (Wildman–Crippen LogP) is -0.747. The lowest BCUT2D eigenvalue weighted by Gasteiger charge is -2.35. The molecule has 4 heterocycles. The van der Waals surface area contributed by atoms with E-state index in [0.717, 1.165) is 5.57 Å². The average Bonchev–Trinajstić information content (AvgIpc) is 3.14. The molecule has 0 radical (unpaired) electrons. The number of carbonyl (C=O) groups is 1. The van der Waals surface area contributed by atoms with Crippen LogP contribution in [0.1, 0.15) is 19.3 Å². The zero-order valence-corrected chi connectivity index (χ0v) is 15.2. The molecule has 4 aliphatic heterocycles. The van der Waals surface area contributed by atoms with Crippen LogP contribution in [0.25, 0.3) is 0 Å². The molecule has 28 heavy (non-hydrogen) atoms. The summed E-state index contributed by atoms with van der Waals surface area (Å²) in [7, 11) is 0. The number of fused-ring (bicyclic) bond motifs is 4. The third-order valence-corrected chi connectivity index (χ3v) is 6.00. The van der Waals surface area contributed by atoms with Crippen LogP contribution in [-0.2, 0) is 23.7 Å². The minimum absolute atomic E-state index is 0.0191. The van der Waals surface area contributed by atoms with Crippen LogP contribution < -0.4 is 0 Å². The van der Waals surface area contributed by atoms with E-state index in [2.05, 4.69) is 13.2 Å². The summed E-state index contributed by atoms with van der Waals surface area (Å²) in [4.78, 5) is 12.2. The quantitative estimate of drug-likeness (QED) is 0.159. The van der Waals surface area contributed by atoms with Gasteiger partial charge >= 0.3 is 5.97 Å². The van der Waals surface area contributed by atoms with Crippen molar-refractivity contribution in [1.29, 1.82) is 0 Å². The highest BCUT2D eigenvalue weighted by molar-refractivity contribution is 5.91. The van der Waals surface area contributed by atoms with E-state index in [-0.39, 0.29) is 30.6 Å². The number of hydrogen-bond donors (Lipinski definition) is 4. The van der Waals surface area contributed by atoms with E-state index in [1.807, 2.05) is 0 Å². The van der Waals surface area contributed by atoms with Crippen molar-refractivity contribution in [3.63, 3.8) is 0 Å². The van der Waals surface area contributed by atoms with Gasteiger partial charge in [0.15, 0.2) is 18.2 Å². The zero-order chi connectivity index (χ0) is 20.3. The van der Waals surface area contributed by atoms with Crippen LogP contribution in [-0.4, -0.2) is 75.8 Å². The van der Waals surface area contributed by atoms with Crippen molar-refractivity contribution in [1.82, 2.24) is 0 Å². The molecular weight excluding hydrogens is 372 g/mol. The van der Waals surface area contributed by atoms with Crippen molar-refractivity contribution in [3.8, 4) is 0 Å². The highest BCUT2D eigenvalue weighted by Gasteiger charge is 2.75. The standard InChI is InChI=1S/C19H24O9/c1-9(7-20)15(21)27-13-6-18-17(23)25-8-11(3-4-19(18,24)28-18)5-12-14(13)10(2)16(22)26-12/h5,12-15,17,20-21,23-24H,1-4,6-8H2/b11-5+/t12-,13+,14-,15-,17-,18-,19+/m1/s1. The second-order valence-electron chi connectivity index (χ2n) is 7.73. The summed E-state index contributed by atoms with van der Waals surface area (Å²) in [5, 5.41) is 40.8. The van der Waals surface area contributed by atoms with Gasteiger partial charge in [0.25, 0.3) is 0 Å². The molecule has 0 aromatic rings. The number of hydrogen-bond acceptors (Lipinski definition) is 9. The first kappa shape index (κ1) is 19.7. The van der Waals surface area contributed by atoms with Gasteiger partial charge < -0.3 is 39.4 Å². The maximum atomic E-state index is 12.2. The summed E-state index contributed by atoms with van der Waals surface area (Å²) in [6.07, 6.45) is -2.33. The Hall–Kier alpha value is -1.59. The SMILES string of the molecule is C=C1C(=O)O[C@@H]2/C=C3\CC[C@]4(O)O[C@]4(C[C@H](O[C@@H](O)C(=C)CO)[C@H]12)[C@H](O)OC3. The molecule has 3 fully saturated rings. The molecule has 9 heteroatoms. The molecule has 4 N–H and O–H groups in total. The molecule has 0 amide bonds. The Bertz CT molecular complexity index is 746. The van der Waals surface area contributed by atoms with Crippen molar-refractivity contribution in [3.05, 3.63) is 36.0 Å². The summed E-state index contributed by atoms with van der Waals surface area (Å²) in [6.45, 7) is 6.94. The number of esters is 1. The lowest BCUT2D eigenvalue weighted by atomic mass is 9.80. The summed E-state index contributed by atoms with van der Waals surface area (Å²) in [6, 6.07) is 0. The topological polar surface area (TPSA) is 138 Å². The molecule has 7 atom stereocenters. The monoisotopic (exact) mass is 396 g/mol. The molecule has 9 nitrogen and oxygen atoms in total. The second-order valence-corrected chi connectivity index (χ2v) is 7.73. The Morgan fingerprint density at radius 3 is 2.93 bits per heavy atom. The van der Waals surface area contributed by atoms with Gasteiger partial charge in [0, 0.05) is 24.0 Å². The van der Waals surface area contributed by atoms with E-state index >= 15 is 0 Å². The van der Waals surface area contributed by atoms with Crippen LogP contribution in [0.5, 0.6) is 0 Å². The first-order valence-electron chi connectivity index (χ1n) is 9.14. The van der Waals surface area contributed by atoms with Gasteiger partial charge in [-0.05, 0) is 18.1 Å². The normalized spacial score (nSPS) is 45.2. The van der Waals surface area contributed by atoms with Gasteiger partial charge in [-0.25, -0.2) is 4.79 Å². The van der Waals surface area contributed by atoms with Crippen molar-refractivity contribution >= 4 is 5.97 Å². The third-order valence-electron chi connectivity index (χ3n) is 6.00. The van der Waals surface area contributed by atoms with E-state index < -0.39 is 54.7 Å². The van der Waals surface area contributed by atoms with Gasteiger partial charge in [-0.15, -0.1) is 0 Å². The number of carbonyl (C=O) groups excluding carboxylic acids is 1. The Balaban J connectivity index is 1.76. The van der Waals surface area contributed by atoms with E-state index in [9.17, 15) is 25.2 Å². The van der Waals surface area contributed by atoms with Crippen molar-refractivity contribution in [2.45, 2.75) is 55.4 Å².